The van der Waals surface area contributed by atoms with Gasteiger partial charge in [-0.15, -0.1) is 0 Å². The maximum atomic E-state index is 2.40. The van der Waals surface area contributed by atoms with Gasteiger partial charge in [-0.25, -0.2) is 0 Å². The fraction of sp³-hybridized carbons (Fsp3) is 0.308. The van der Waals surface area contributed by atoms with Crippen LogP contribution in [0.25, 0.3) is 0 Å². The molecule has 0 aliphatic rings. The lowest BCUT2D eigenvalue weighted by Crippen LogP contribution is -2.24. The zero-order valence-electron chi connectivity index (χ0n) is 18.2. The number of nitrogens with zero attached hydrogens (tertiary/aromatic N) is 2. The zero-order valence-corrected chi connectivity index (χ0v) is 19.1. The normalized spacial score (nSPS) is 10.9. The minimum absolute atomic E-state index is 0.563. The second-order valence-electron chi connectivity index (χ2n) is 7.05. The molecule has 0 saturated heterocycles. The molecule has 3 rings (SSSR count). The van der Waals surface area contributed by atoms with E-state index in [4.69, 9.17) is 0 Å². The number of rotatable bonds is 9. The second kappa shape index (κ2) is 10.5. The highest BCUT2D eigenvalue weighted by Crippen LogP contribution is 2.34. The summed E-state index contributed by atoms with van der Waals surface area (Å²) >= 11 is 0. The van der Waals surface area contributed by atoms with Gasteiger partial charge in [0.2, 0.25) is 0 Å². The van der Waals surface area contributed by atoms with Crippen molar-refractivity contribution in [2.45, 2.75) is 27.7 Å². The van der Waals surface area contributed by atoms with Crippen molar-refractivity contribution in [2.24, 2.45) is 0 Å². The van der Waals surface area contributed by atoms with Gasteiger partial charge in [0.05, 0.1) is 0 Å². The van der Waals surface area contributed by atoms with E-state index in [9.17, 15) is 0 Å². The van der Waals surface area contributed by atoms with Crippen LogP contribution in [0.1, 0.15) is 27.7 Å². The lowest BCUT2D eigenvalue weighted by Gasteiger charge is -2.25. The van der Waals surface area contributed by atoms with Crippen LogP contribution in [0.4, 0.5) is 11.4 Å². The van der Waals surface area contributed by atoms with Crippen molar-refractivity contribution in [1.29, 1.82) is 0 Å². The van der Waals surface area contributed by atoms with Crippen molar-refractivity contribution < 1.29 is 0 Å². The molecule has 3 aromatic rings. The van der Waals surface area contributed by atoms with E-state index in [1.165, 1.54) is 27.3 Å². The van der Waals surface area contributed by atoms with E-state index in [1.807, 2.05) is 0 Å². The van der Waals surface area contributed by atoms with Gasteiger partial charge in [-0.1, -0.05) is 54.6 Å². The van der Waals surface area contributed by atoms with Crippen LogP contribution in [-0.4, -0.2) is 26.2 Å². The molecule has 0 radical (unpaired) electrons. The second-order valence-corrected chi connectivity index (χ2v) is 9.27. The fourth-order valence-corrected chi connectivity index (χ4v) is 6.09. The molecule has 0 atom stereocenters. The minimum Gasteiger partial charge on any atom is -0.372 e. The summed E-state index contributed by atoms with van der Waals surface area (Å²) in [6.45, 7) is 13.0. The van der Waals surface area contributed by atoms with Crippen molar-refractivity contribution in [3.05, 3.63) is 78.9 Å². The van der Waals surface area contributed by atoms with Crippen LogP contribution in [-0.2, 0) is 0 Å². The first-order valence-corrected chi connectivity index (χ1v) is 12.1. The topological polar surface area (TPSA) is 6.48 Å². The van der Waals surface area contributed by atoms with Crippen molar-refractivity contribution in [1.82, 2.24) is 0 Å². The minimum atomic E-state index is -0.563. The maximum Gasteiger partial charge on any atom is 0.0366 e. The molecule has 0 fully saturated rings. The van der Waals surface area contributed by atoms with E-state index in [0.717, 1.165) is 26.2 Å². The largest absolute Gasteiger partial charge is 0.372 e. The van der Waals surface area contributed by atoms with Gasteiger partial charge in [-0.3, -0.25) is 0 Å². The van der Waals surface area contributed by atoms with Crippen LogP contribution >= 0.6 is 7.92 Å². The summed E-state index contributed by atoms with van der Waals surface area (Å²) in [6, 6.07) is 29.4. The molecule has 0 amide bonds. The Bertz CT molecular complexity index is 796. The van der Waals surface area contributed by atoms with Crippen LogP contribution in [0.2, 0.25) is 0 Å². The summed E-state index contributed by atoms with van der Waals surface area (Å²) in [6.07, 6.45) is 0. The summed E-state index contributed by atoms with van der Waals surface area (Å²) in [5.41, 5.74) is 2.61. The van der Waals surface area contributed by atoms with E-state index in [-0.39, 0.29) is 0 Å². The van der Waals surface area contributed by atoms with Gasteiger partial charge in [0.25, 0.3) is 0 Å². The molecule has 0 heterocycles. The third-order valence-electron chi connectivity index (χ3n) is 5.49. The molecule has 0 saturated carbocycles. The average Bonchev–Trinajstić information content (AvgIpc) is 2.78. The van der Waals surface area contributed by atoms with E-state index in [1.54, 1.807) is 0 Å². The molecule has 0 unspecified atom stereocenters. The summed E-state index contributed by atoms with van der Waals surface area (Å²) < 4.78 is 0. The number of hydrogen-bond donors (Lipinski definition) is 0. The summed E-state index contributed by atoms with van der Waals surface area (Å²) in [4.78, 5) is 4.79. The molecule has 0 spiro atoms. The van der Waals surface area contributed by atoms with Crippen molar-refractivity contribution in [3.63, 3.8) is 0 Å². The third kappa shape index (κ3) is 5.00. The Morgan fingerprint density at radius 2 is 0.828 bits per heavy atom. The van der Waals surface area contributed by atoms with Gasteiger partial charge >= 0.3 is 0 Å². The molecular formula is C26H33N2P. The van der Waals surface area contributed by atoms with Gasteiger partial charge < -0.3 is 9.80 Å². The Kier molecular flexibility index (Phi) is 7.72. The molecule has 0 N–H and O–H groups in total. The summed E-state index contributed by atoms with van der Waals surface area (Å²) in [7, 11) is -0.563. The summed E-state index contributed by atoms with van der Waals surface area (Å²) in [5.74, 6) is 0. The molecule has 0 bridgehead atoms. The van der Waals surface area contributed by atoms with Gasteiger partial charge in [-0.2, -0.15) is 0 Å². The predicted octanol–water partition coefficient (Wildman–Crippen LogP) is 5.14. The average molecular weight is 405 g/mol. The van der Waals surface area contributed by atoms with Crippen molar-refractivity contribution in [2.75, 3.05) is 36.0 Å². The molecule has 0 aliphatic carbocycles. The van der Waals surface area contributed by atoms with Gasteiger partial charge in [0.15, 0.2) is 0 Å². The smallest absolute Gasteiger partial charge is 0.0366 e. The quantitative estimate of drug-likeness (QED) is 0.456. The molecule has 29 heavy (non-hydrogen) atoms. The number of anilines is 2. The first-order valence-electron chi connectivity index (χ1n) is 10.8. The standard InChI is InChI=1S/C26H33N2P/c1-5-27(6-2)22-14-18-25(19-15-22)29(24-12-10-9-11-13-24)26-20-16-23(17-21-26)28(7-3)8-4/h9-21H,5-8H2,1-4H3. The third-order valence-corrected chi connectivity index (χ3v) is 7.93. The van der Waals surface area contributed by atoms with E-state index in [0.29, 0.717) is 0 Å². The maximum absolute atomic E-state index is 2.40. The van der Waals surface area contributed by atoms with Gasteiger partial charge in [0, 0.05) is 37.6 Å². The monoisotopic (exact) mass is 404 g/mol. The molecule has 3 aromatic carbocycles. The van der Waals surface area contributed by atoms with Crippen LogP contribution in [0, 0.1) is 0 Å². The van der Waals surface area contributed by atoms with Crippen LogP contribution in [0.3, 0.4) is 0 Å². The lowest BCUT2D eigenvalue weighted by molar-refractivity contribution is 0.866. The van der Waals surface area contributed by atoms with E-state index in [2.05, 4.69) is 116 Å². The van der Waals surface area contributed by atoms with Crippen molar-refractivity contribution >= 4 is 35.2 Å². The lowest BCUT2D eigenvalue weighted by atomic mass is 10.3. The van der Waals surface area contributed by atoms with Crippen LogP contribution in [0.5, 0.6) is 0 Å². The SMILES string of the molecule is CCN(CC)c1ccc(P(c2ccccc2)c2ccc(N(CC)CC)cc2)cc1. The van der Waals surface area contributed by atoms with Crippen LogP contribution in [0.15, 0.2) is 78.9 Å². The Labute approximate surface area is 177 Å². The Morgan fingerprint density at radius 1 is 0.483 bits per heavy atom. The highest BCUT2D eigenvalue weighted by Gasteiger charge is 2.17. The highest BCUT2D eigenvalue weighted by atomic mass is 31.1. The molecule has 0 aromatic heterocycles. The number of hydrogen-bond acceptors (Lipinski definition) is 2. The Hall–Kier alpha value is -2.31. The molecule has 3 heteroatoms. The molecule has 0 aliphatic heterocycles. The first kappa shape index (κ1) is 21.4. The molecule has 2 nitrogen and oxygen atoms in total. The van der Waals surface area contributed by atoms with Crippen molar-refractivity contribution in [3.8, 4) is 0 Å². The van der Waals surface area contributed by atoms with Crippen LogP contribution < -0.4 is 25.7 Å². The predicted molar refractivity (Wildman–Crippen MR) is 132 cm³/mol. The highest BCUT2D eigenvalue weighted by molar-refractivity contribution is 7.79. The fourth-order valence-electron chi connectivity index (χ4n) is 3.83. The zero-order chi connectivity index (χ0) is 20.6. The number of benzene rings is 3. The molecule has 152 valence electrons. The van der Waals surface area contributed by atoms with Gasteiger partial charge in [-0.05, 0) is 75.8 Å². The molecular weight excluding hydrogens is 371 g/mol. The van der Waals surface area contributed by atoms with E-state index < -0.39 is 7.92 Å². The Balaban J connectivity index is 1.98. The van der Waals surface area contributed by atoms with Gasteiger partial charge in [0.1, 0.15) is 0 Å². The Morgan fingerprint density at radius 3 is 1.17 bits per heavy atom. The van der Waals surface area contributed by atoms with E-state index >= 15 is 0 Å². The summed E-state index contributed by atoms with van der Waals surface area (Å²) in [5, 5.41) is 4.20. The first-order chi connectivity index (χ1) is 14.2.